The van der Waals surface area contributed by atoms with Crippen molar-refractivity contribution in [2.24, 2.45) is 5.73 Å². The molecule has 0 aliphatic heterocycles. The first-order chi connectivity index (χ1) is 6.02. The van der Waals surface area contributed by atoms with E-state index in [-0.39, 0.29) is 0 Å². The highest BCUT2D eigenvalue weighted by Gasteiger charge is 2.33. The summed E-state index contributed by atoms with van der Waals surface area (Å²) in [6.07, 6.45) is -4.59. The largest absolute Gasteiger partial charge is 0.419 e. The summed E-state index contributed by atoms with van der Waals surface area (Å²) in [4.78, 5) is 0. The smallest absolute Gasteiger partial charge is 0.333 e. The molecule has 0 saturated heterocycles. The van der Waals surface area contributed by atoms with Crippen LogP contribution in [0.15, 0.2) is 24.3 Å². The molecule has 1 aromatic rings. The number of rotatable bonds is 0. The first-order valence-corrected chi connectivity index (χ1v) is 3.41. The van der Waals surface area contributed by atoms with Gasteiger partial charge in [-0.2, -0.15) is 13.2 Å². The maximum absolute atomic E-state index is 12.4. The molecule has 13 heavy (non-hydrogen) atoms. The van der Waals surface area contributed by atoms with Gasteiger partial charge in [0.2, 0.25) is 0 Å². The van der Waals surface area contributed by atoms with Crippen LogP contribution in [-0.4, -0.2) is 7.05 Å². The molecule has 1 aromatic carbocycles. The van der Waals surface area contributed by atoms with Gasteiger partial charge >= 0.3 is 6.18 Å². The zero-order valence-electron chi connectivity index (χ0n) is 6.90. The first-order valence-electron chi connectivity index (χ1n) is 3.41. The van der Waals surface area contributed by atoms with Crippen LogP contribution in [0.4, 0.5) is 17.6 Å². The summed E-state index contributed by atoms with van der Waals surface area (Å²) in [6.45, 7) is 0. The minimum atomic E-state index is -4.59. The fourth-order valence-corrected chi connectivity index (χ4v) is 0.691. The van der Waals surface area contributed by atoms with Gasteiger partial charge in [0, 0.05) is 0 Å². The zero-order chi connectivity index (χ0) is 10.5. The molecule has 0 fully saturated rings. The highest BCUT2D eigenvalue weighted by Crippen LogP contribution is 2.30. The molecule has 0 spiro atoms. The molecule has 0 aliphatic rings. The van der Waals surface area contributed by atoms with Crippen molar-refractivity contribution in [1.82, 2.24) is 0 Å². The number of nitrogens with two attached hydrogens (primary N) is 1. The van der Waals surface area contributed by atoms with Crippen molar-refractivity contribution in [3.63, 3.8) is 0 Å². The Labute approximate surface area is 73.2 Å². The van der Waals surface area contributed by atoms with Crippen LogP contribution >= 0.6 is 0 Å². The fourth-order valence-electron chi connectivity index (χ4n) is 0.691. The maximum Gasteiger partial charge on any atom is 0.419 e. The lowest BCUT2D eigenvalue weighted by atomic mass is 10.2. The van der Waals surface area contributed by atoms with E-state index in [1.165, 1.54) is 13.1 Å². The third-order valence-corrected chi connectivity index (χ3v) is 1.18. The van der Waals surface area contributed by atoms with E-state index < -0.39 is 17.6 Å². The normalized spacial score (nSPS) is 10.3. The molecule has 0 aromatic heterocycles. The molecule has 2 N–H and O–H groups in total. The third kappa shape index (κ3) is 3.42. The van der Waals surface area contributed by atoms with Crippen molar-refractivity contribution in [2.45, 2.75) is 6.18 Å². The summed E-state index contributed by atoms with van der Waals surface area (Å²) >= 11 is 0. The Bertz CT molecular complexity index is 257. The van der Waals surface area contributed by atoms with Crippen molar-refractivity contribution < 1.29 is 17.6 Å². The van der Waals surface area contributed by atoms with Gasteiger partial charge in [0.25, 0.3) is 0 Å². The average Bonchev–Trinajstić information content (AvgIpc) is 2.07. The fraction of sp³-hybridized carbons (Fsp3) is 0.250. The molecule has 0 heterocycles. The number of hydrogen-bond acceptors (Lipinski definition) is 1. The predicted octanol–water partition coefficient (Wildman–Crippen LogP) is 2.42. The van der Waals surface area contributed by atoms with Crippen LogP contribution in [0, 0.1) is 5.82 Å². The van der Waals surface area contributed by atoms with E-state index in [9.17, 15) is 17.6 Å². The van der Waals surface area contributed by atoms with Gasteiger partial charge in [-0.15, -0.1) is 0 Å². The molecular formula is C8H9F4N. The summed E-state index contributed by atoms with van der Waals surface area (Å²) in [5, 5.41) is 0. The van der Waals surface area contributed by atoms with Crippen LogP contribution < -0.4 is 5.73 Å². The second-order valence-corrected chi connectivity index (χ2v) is 1.98. The summed E-state index contributed by atoms with van der Waals surface area (Å²) in [5.41, 5.74) is 3.28. The lowest BCUT2D eigenvalue weighted by Crippen LogP contribution is -2.07. The molecule has 0 aliphatic carbocycles. The number of halogens is 4. The van der Waals surface area contributed by atoms with E-state index in [1.807, 2.05) is 0 Å². The highest BCUT2D eigenvalue weighted by molar-refractivity contribution is 5.19. The van der Waals surface area contributed by atoms with Crippen LogP contribution in [0.25, 0.3) is 0 Å². The van der Waals surface area contributed by atoms with Crippen molar-refractivity contribution in [3.8, 4) is 0 Å². The minimum absolute atomic E-state index is 0.704. The Balaban J connectivity index is 0.000000671. The van der Waals surface area contributed by atoms with Gasteiger partial charge in [0.1, 0.15) is 5.82 Å². The summed E-state index contributed by atoms with van der Waals surface area (Å²) in [7, 11) is 1.50. The van der Waals surface area contributed by atoms with E-state index in [1.54, 1.807) is 0 Å². The molecule has 0 atom stereocenters. The summed E-state index contributed by atoms with van der Waals surface area (Å²) < 4.78 is 47.8. The maximum atomic E-state index is 12.4. The Morgan fingerprint density at radius 1 is 1.08 bits per heavy atom. The van der Waals surface area contributed by atoms with Crippen molar-refractivity contribution in [2.75, 3.05) is 7.05 Å². The van der Waals surface area contributed by atoms with Crippen LogP contribution in [0.2, 0.25) is 0 Å². The SMILES string of the molecule is CN.Fc1ccccc1C(F)(F)F. The standard InChI is InChI=1S/C7H4F4.CH5N/c8-6-4-2-1-3-5(6)7(9,10)11;1-2/h1-4H;2H2,1H3. The molecule has 74 valence electrons. The third-order valence-electron chi connectivity index (χ3n) is 1.18. The number of hydrogen-bond donors (Lipinski definition) is 1. The summed E-state index contributed by atoms with van der Waals surface area (Å²) in [5.74, 6) is -1.24. The minimum Gasteiger partial charge on any atom is -0.333 e. The van der Waals surface area contributed by atoms with Crippen LogP contribution in [-0.2, 0) is 6.18 Å². The van der Waals surface area contributed by atoms with E-state index in [0.717, 1.165) is 12.1 Å². The highest BCUT2D eigenvalue weighted by atomic mass is 19.4. The predicted molar refractivity (Wildman–Crippen MR) is 41.5 cm³/mol. The van der Waals surface area contributed by atoms with Gasteiger partial charge in [-0.25, -0.2) is 4.39 Å². The molecule has 1 rings (SSSR count). The summed E-state index contributed by atoms with van der Waals surface area (Å²) in [6, 6.07) is 3.84. The lowest BCUT2D eigenvalue weighted by molar-refractivity contribution is -0.140. The van der Waals surface area contributed by atoms with Gasteiger partial charge in [-0.1, -0.05) is 12.1 Å². The van der Waals surface area contributed by atoms with Gasteiger partial charge < -0.3 is 5.73 Å². The molecule has 0 amide bonds. The van der Waals surface area contributed by atoms with E-state index in [4.69, 9.17) is 0 Å². The Morgan fingerprint density at radius 2 is 1.54 bits per heavy atom. The molecule has 0 bridgehead atoms. The van der Waals surface area contributed by atoms with Crippen molar-refractivity contribution in [1.29, 1.82) is 0 Å². The second kappa shape index (κ2) is 4.81. The monoisotopic (exact) mass is 195 g/mol. The van der Waals surface area contributed by atoms with E-state index in [2.05, 4.69) is 5.73 Å². The molecule has 5 heteroatoms. The van der Waals surface area contributed by atoms with Gasteiger partial charge in [-0.05, 0) is 19.2 Å². The quantitative estimate of drug-likeness (QED) is 0.632. The Hall–Kier alpha value is -1.10. The van der Waals surface area contributed by atoms with Crippen LogP contribution in [0.1, 0.15) is 5.56 Å². The van der Waals surface area contributed by atoms with Crippen LogP contribution in [0.3, 0.4) is 0 Å². The molecule has 0 unspecified atom stereocenters. The van der Waals surface area contributed by atoms with Crippen molar-refractivity contribution in [3.05, 3.63) is 35.6 Å². The lowest BCUT2D eigenvalue weighted by Gasteiger charge is -2.05. The first kappa shape index (κ1) is 11.9. The van der Waals surface area contributed by atoms with Gasteiger partial charge in [0.15, 0.2) is 0 Å². The molecule has 1 nitrogen and oxygen atoms in total. The molecule has 0 saturated carbocycles. The number of alkyl halides is 3. The van der Waals surface area contributed by atoms with Gasteiger partial charge in [-0.3, -0.25) is 0 Å². The topological polar surface area (TPSA) is 26.0 Å². The second-order valence-electron chi connectivity index (χ2n) is 1.98. The Kier molecular flexibility index (Phi) is 4.40. The zero-order valence-corrected chi connectivity index (χ0v) is 6.90. The number of benzene rings is 1. The average molecular weight is 195 g/mol. The van der Waals surface area contributed by atoms with Gasteiger partial charge in [0.05, 0.1) is 5.56 Å². The molecular weight excluding hydrogens is 186 g/mol. The van der Waals surface area contributed by atoms with Crippen molar-refractivity contribution >= 4 is 0 Å². The van der Waals surface area contributed by atoms with E-state index in [0.29, 0.717) is 6.07 Å². The van der Waals surface area contributed by atoms with Crippen LogP contribution in [0.5, 0.6) is 0 Å². The molecule has 0 radical (unpaired) electrons. The Morgan fingerprint density at radius 3 is 1.85 bits per heavy atom. The van der Waals surface area contributed by atoms with E-state index >= 15 is 0 Å².